The molecular formula is C22H27ClN4O3. The molecule has 0 spiro atoms. The molecule has 2 unspecified atom stereocenters. The zero-order chi connectivity index (χ0) is 21.4. The first kappa shape index (κ1) is 20.9. The second kappa shape index (κ2) is 8.04. The first-order valence-electron chi connectivity index (χ1n) is 10.3. The summed E-state index contributed by atoms with van der Waals surface area (Å²) in [6.07, 6.45) is 4.62. The van der Waals surface area contributed by atoms with Gasteiger partial charge in [0.2, 0.25) is 5.95 Å². The van der Waals surface area contributed by atoms with Crippen molar-refractivity contribution in [1.29, 1.82) is 0 Å². The Labute approximate surface area is 181 Å². The van der Waals surface area contributed by atoms with Gasteiger partial charge < -0.3 is 19.6 Å². The predicted molar refractivity (Wildman–Crippen MR) is 114 cm³/mol. The second-order valence-electron chi connectivity index (χ2n) is 8.75. The standard InChI is InChI=1S/C22H27ClN4O3/c1-21(2,29)15-22(16-6-4-3-5-7-16)9-11-27(20(28)30-22)18-8-10-26(14-18)19-24-12-17(23)13-25-19/h3-7,12-13,18,29H,8-11,14-15H2,1-2H3. The predicted octanol–water partition coefficient (Wildman–Crippen LogP) is 3.61. The third kappa shape index (κ3) is 4.37. The molecule has 2 aliphatic heterocycles. The highest BCUT2D eigenvalue weighted by atomic mass is 35.5. The van der Waals surface area contributed by atoms with Crippen molar-refractivity contribution in [3.05, 3.63) is 53.3 Å². The lowest BCUT2D eigenvalue weighted by atomic mass is 9.80. The van der Waals surface area contributed by atoms with E-state index in [4.69, 9.17) is 16.3 Å². The molecule has 160 valence electrons. The number of amides is 1. The van der Waals surface area contributed by atoms with E-state index < -0.39 is 11.2 Å². The Kier molecular flexibility index (Phi) is 5.59. The van der Waals surface area contributed by atoms with Gasteiger partial charge in [-0.1, -0.05) is 41.9 Å². The molecule has 7 nitrogen and oxygen atoms in total. The molecule has 0 bridgehead atoms. The van der Waals surface area contributed by atoms with E-state index in [1.807, 2.05) is 35.2 Å². The summed E-state index contributed by atoms with van der Waals surface area (Å²) >= 11 is 5.88. The molecule has 0 saturated carbocycles. The van der Waals surface area contributed by atoms with Crippen LogP contribution < -0.4 is 4.90 Å². The number of aliphatic hydroxyl groups is 1. The van der Waals surface area contributed by atoms with Gasteiger partial charge in [-0.3, -0.25) is 0 Å². The van der Waals surface area contributed by atoms with E-state index in [1.54, 1.807) is 26.2 Å². The molecule has 2 atom stereocenters. The van der Waals surface area contributed by atoms with Gasteiger partial charge in [0.25, 0.3) is 0 Å². The summed E-state index contributed by atoms with van der Waals surface area (Å²) in [4.78, 5) is 25.5. The van der Waals surface area contributed by atoms with E-state index >= 15 is 0 Å². The van der Waals surface area contributed by atoms with Crippen molar-refractivity contribution in [3.63, 3.8) is 0 Å². The van der Waals surface area contributed by atoms with Crippen LogP contribution >= 0.6 is 11.6 Å². The summed E-state index contributed by atoms with van der Waals surface area (Å²) in [6, 6.07) is 9.76. The monoisotopic (exact) mass is 430 g/mol. The van der Waals surface area contributed by atoms with Crippen LogP contribution in [0.2, 0.25) is 5.02 Å². The molecule has 4 rings (SSSR count). The normalized spacial score (nSPS) is 24.8. The largest absolute Gasteiger partial charge is 0.438 e. The van der Waals surface area contributed by atoms with Crippen molar-refractivity contribution < 1.29 is 14.6 Å². The van der Waals surface area contributed by atoms with E-state index in [1.165, 1.54) is 0 Å². The summed E-state index contributed by atoms with van der Waals surface area (Å²) in [5.41, 5.74) is -0.873. The summed E-state index contributed by atoms with van der Waals surface area (Å²) in [5, 5.41) is 11.0. The molecule has 8 heteroatoms. The average molecular weight is 431 g/mol. The van der Waals surface area contributed by atoms with Crippen LogP contribution in [0.3, 0.4) is 0 Å². The molecule has 1 aromatic carbocycles. The van der Waals surface area contributed by atoms with Crippen LogP contribution in [-0.4, -0.2) is 57.3 Å². The number of rotatable bonds is 5. The van der Waals surface area contributed by atoms with Crippen molar-refractivity contribution >= 4 is 23.6 Å². The summed E-state index contributed by atoms with van der Waals surface area (Å²) in [6.45, 7) is 5.49. The summed E-state index contributed by atoms with van der Waals surface area (Å²) in [5.74, 6) is 0.618. The number of carbonyl (C=O) groups is 1. The minimum Gasteiger partial charge on any atom is -0.438 e. The van der Waals surface area contributed by atoms with Gasteiger partial charge in [-0.2, -0.15) is 0 Å². The van der Waals surface area contributed by atoms with Crippen molar-refractivity contribution in [2.45, 2.75) is 50.4 Å². The average Bonchev–Trinajstić information content (AvgIpc) is 3.18. The fraction of sp³-hybridized carbons (Fsp3) is 0.500. The molecule has 3 heterocycles. The number of anilines is 1. The van der Waals surface area contributed by atoms with Crippen molar-refractivity contribution in [2.75, 3.05) is 24.5 Å². The number of cyclic esters (lactones) is 1. The van der Waals surface area contributed by atoms with E-state index in [2.05, 4.69) is 14.9 Å². The topological polar surface area (TPSA) is 78.8 Å². The van der Waals surface area contributed by atoms with Gasteiger partial charge in [0.15, 0.2) is 0 Å². The first-order valence-corrected chi connectivity index (χ1v) is 10.6. The third-order valence-electron chi connectivity index (χ3n) is 5.79. The Morgan fingerprint density at radius 1 is 1.23 bits per heavy atom. The number of benzene rings is 1. The van der Waals surface area contributed by atoms with Crippen LogP contribution in [0.15, 0.2) is 42.7 Å². The Morgan fingerprint density at radius 2 is 1.93 bits per heavy atom. The highest BCUT2D eigenvalue weighted by Crippen LogP contribution is 2.41. The Morgan fingerprint density at radius 3 is 2.57 bits per heavy atom. The van der Waals surface area contributed by atoms with E-state index in [0.29, 0.717) is 36.9 Å². The molecule has 1 amide bonds. The second-order valence-corrected chi connectivity index (χ2v) is 9.19. The van der Waals surface area contributed by atoms with Gasteiger partial charge in [-0.15, -0.1) is 0 Å². The Balaban J connectivity index is 1.49. The smallest absolute Gasteiger partial charge is 0.410 e. The van der Waals surface area contributed by atoms with Crippen LogP contribution in [0.25, 0.3) is 0 Å². The minimum absolute atomic E-state index is 0.0349. The lowest BCUT2D eigenvalue weighted by molar-refractivity contribution is -0.100. The van der Waals surface area contributed by atoms with E-state index in [9.17, 15) is 9.90 Å². The molecule has 1 N–H and O–H groups in total. The molecule has 2 fully saturated rings. The van der Waals surface area contributed by atoms with E-state index in [-0.39, 0.29) is 12.1 Å². The van der Waals surface area contributed by atoms with Gasteiger partial charge in [-0.05, 0) is 25.8 Å². The number of aromatic nitrogens is 2. The molecule has 0 radical (unpaired) electrons. The molecule has 2 aromatic rings. The summed E-state index contributed by atoms with van der Waals surface area (Å²) < 4.78 is 6.08. The highest BCUT2D eigenvalue weighted by Gasteiger charge is 2.47. The minimum atomic E-state index is -0.964. The zero-order valence-electron chi connectivity index (χ0n) is 17.3. The molecule has 30 heavy (non-hydrogen) atoms. The number of nitrogens with zero attached hydrogens (tertiary/aromatic N) is 4. The van der Waals surface area contributed by atoms with E-state index in [0.717, 1.165) is 18.5 Å². The molecular weight excluding hydrogens is 404 g/mol. The number of ether oxygens (including phenoxy) is 1. The van der Waals surface area contributed by atoms with Gasteiger partial charge in [0.1, 0.15) is 5.60 Å². The maximum absolute atomic E-state index is 13.1. The number of hydrogen-bond acceptors (Lipinski definition) is 6. The number of carbonyl (C=O) groups excluding carboxylic acids is 1. The first-order chi connectivity index (χ1) is 14.3. The van der Waals surface area contributed by atoms with Crippen LogP contribution in [0.1, 0.15) is 38.7 Å². The fourth-order valence-electron chi connectivity index (χ4n) is 4.52. The van der Waals surface area contributed by atoms with Crippen LogP contribution in [0, 0.1) is 0 Å². The van der Waals surface area contributed by atoms with Crippen molar-refractivity contribution in [1.82, 2.24) is 14.9 Å². The maximum atomic E-state index is 13.1. The number of halogens is 1. The number of hydrogen-bond donors (Lipinski definition) is 1. The lowest BCUT2D eigenvalue weighted by Crippen LogP contribution is -2.54. The van der Waals surface area contributed by atoms with Gasteiger partial charge >= 0.3 is 6.09 Å². The lowest BCUT2D eigenvalue weighted by Gasteiger charge is -2.45. The molecule has 2 aliphatic rings. The van der Waals surface area contributed by atoms with Crippen molar-refractivity contribution in [2.24, 2.45) is 0 Å². The zero-order valence-corrected chi connectivity index (χ0v) is 18.0. The van der Waals surface area contributed by atoms with Gasteiger partial charge in [0.05, 0.1) is 29.1 Å². The van der Waals surface area contributed by atoms with Gasteiger partial charge in [0, 0.05) is 32.5 Å². The molecule has 1 aromatic heterocycles. The SMILES string of the molecule is CC(C)(O)CC1(c2ccccc2)CCN(C2CCN(c3ncc(Cl)cn3)C2)C(=O)O1. The van der Waals surface area contributed by atoms with Crippen LogP contribution in [0.5, 0.6) is 0 Å². The highest BCUT2D eigenvalue weighted by molar-refractivity contribution is 6.30. The van der Waals surface area contributed by atoms with Crippen LogP contribution in [-0.2, 0) is 10.3 Å². The Hall–Kier alpha value is -2.38. The fourth-order valence-corrected chi connectivity index (χ4v) is 4.62. The van der Waals surface area contributed by atoms with Crippen molar-refractivity contribution in [3.8, 4) is 0 Å². The van der Waals surface area contributed by atoms with Gasteiger partial charge in [-0.25, -0.2) is 14.8 Å². The third-order valence-corrected chi connectivity index (χ3v) is 5.98. The summed E-state index contributed by atoms with van der Waals surface area (Å²) in [7, 11) is 0. The maximum Gasteiger partial charge on any atom is 0.410 e. The van der Waals surface area contributed by atoms with Crippen LogP contribution in [0.4, 0.5) is 10.7 Å². The quantitative estimate of drug-likeness (QED) is 0.780. The molecule has 0 aliphatic carbocycles. The Bertz CT molecular complexity index is 888. The molecule has 2 saturated heterocycles.